The van der Waals surface area contributed by atoms with Crippen molar-refractivity contribution in [3.63, 3.8) is 0 Å². The molecule has 0 saturated carbocycles. The minimum Gasteiger partial charge on any atom is -0.461 e. The minimum absolute atomic E-state index is 0. The van der Waals surface area contributed by atoms with Crippen LogP contribution in [0.25, 0.3) is 0 Å². The Kier molecular flexibility index (Phi) is 7.02. The van der Waals surface area contributed by atoms with Gasteiger partial charge in [0.2, 0.25) is 0 Å². The number of likely N-dealkylation sites (N-methyl/N-ethyl adjacent to an activating group) is 1. The third-order valence-electron chi connectivity index (χ3n) is 2.24. The predicted molar refractivity (Wildman–Crippen MR) is 70.4 cm³/mol. The quantitative estimate of drug-likeness (QED) is 0.434. The average molecular weight is 293 g/mol. The lowest BCUT2D eigenvalue weighted by atomic mass is 10.5. The first-order valence-corrected chi connectivity index (χ1v) is 5.38. The molecule has 0 radical (unpaired) electrons. The third-order valence-corrected chi connectivity index (χ3v) is 2.24. The molecule has 9 heteroatoms. The van der Waals surface area contributed by atoms with E-state index in [9.17, 15) is 14.9 Å². The van der Waals surface area contributed by atoms with Crippen LogP contribution >= 0.6 is 12.4 Å². The van der Waals surface area contributed by atoms with Crippen LogP contribution in [0.5, 0.6) is 0 Å². The molecular weight excluding hydrogens is 276 g/mol. The molecule has 1 heterocycles. The Morgan fingerprint density at radius 1 is 1.58 bits per heavy atom. The molecule has 1 aromatic rings. The summed E-state index contributed by atoms with van der Waals surface area (Å²) in [6.07, 6.45) is 1.19. The molecular formula is C10H17ClN4O4. The number of ether oxygens (including phenoxy) is 1. The van der Waals surface area contributed by atoms with Crippen molar-refractivity contribution >= 4 is 24.2 Å². The molecule has 0 aromatic carbocycles. The van der Waals surface area contributed by atoms with Gasteiger partial charge < -0.3 is 14.9 Å². The second-order valence-electron chi connectivity index (χ2n) is 4.03. The van der Waals surface area contributed by atoms with Gasteiger partial charge in [-0.3, -0.25) is 9.69 Å². The van der Waals surface area contributed by atoms with Crippen LogP contribution in [0.3, 0.4) is 0 Å². The smallest absolute Gasteiger partial charge is 0.342 e. The van der Waals surface area contributed by atoms with Crippen molar-refractivity contribution in [3.05, 3.63) is 22.1 Å². The maximum Gasteiger partial charge on any atom is 0.342 e. The fourth-order valence-corrected chi connectivity index (χ4v) is 1.43. The second kappa shape index (κ2) is 7.70. The van der Waals surface area contributed by atoms with E-state index in [0.717, 1.165) is 0 Å². The van der Waals surface area contributed by atoms with Gasteiger partial charge in [-0.15, -0.1) is 12.4 Å². The molecule has 8 nitrogen and oxygen atoms in total. The number of aryl methyl sites for hydroxylation is 1. The molecule has 0 saturated heterocycles. The van der Waals surface area contributed by atoms with Crippen molar-refractivity contribution < 1.29 is 14.5 Å². The Bertz CT molecular complexity index is 447. The number of hydrogen-bond acceptors (Lipinski definition) is 6. The normalized spacial score (nSPS) is 10.1. The second-order valence-corrected chi connectivity index (χ2v) is 4.03. The molecule has 0 aliphatic carbocycles. The van der Waals surface area contributed by atoms with Gasteiger partial charge in [-0.05, 0) is 19.0 Å². The molecule has 0 bridgehead atoms. The zero-order valence-electron chi connectivity index (χ0n) is 11.0. The number of carbonyl (C=O) groups excluding carboxylic acids is 1. The summed E-state index contributed by atoms with van der Waals surface area (Å²) in [5, 5.41) is 10.7. The van der Waals surface area contributed by atoms with Crippen LogP contribution in [0.1, 0.15) is 5.82 Å². The number of halogens is 1. The molecule has 1 rings (SSSR count). The molecule has 0 unspecified atom stereocenters. The van der Waals surface area contributed by atoms with Gasteiger partial charge in [-0.1, -0.05) is 0 Å². The molecule has 1 aromatic heterocycles. The van der Waals surface area contributed by atoms with Crippen LogP contribution in [0.2, 0.25) is 0 Å². The highest BCUT2D eigenvalue weighted by Gasteiger charge is 2.17. The first-order chi connectivity index (χ1) is 8.41. The highest BCUT2D eigenvalue weighted by molar-refractivity contribution is 5.85. The van der Waals surface area contributed by atoms with Crippen molar-refractivity contribution in [3.8, 4) is 0 Å². The monoisotopic (exact) mass is 292 g/mol. The van der Waals surface area contributed by atoms with Crippen molar-refractivity contribution in [2.24, 2.45) is 0 Å². The highest BCUT2D eigenvalue weighted by Crippen LogP contribution is 2.12. The van der Waals surface area contributed by atoms with E-state index in [0.29, 0.717) is 5.82 Å². The number of nitrogens with zero attached hydrogens (tertiary/aromatic N) is 4. The third kappa shape index (κ3) is 5.23. The van der Waals surface area contributed by atoms with E-state index in [1.54, 1.807) is 25.9 Å². The molecule has 0 amide bonds. The summed E-state index contributed by atoms with van der Waals surface area (Å²) < 4.78 is 6.37. The standard InChI is InChI=1S/C10H16N4O4.ClH/c1-8-11-6-9(14(16)17)13(8)4-5-18-10(15)7-12(2)3;/h6H,4-5,7H2,1-3H3;1H. The molecule has 0 fully saturated rings. The summed E-state index contributed by atoms with van der Waals surface area (Å²) in [4.78, 5) is 27.0. The van der Waals surface area contributed by atoms with Gasteiger partial charge in [0.25, 0.3) is 0 Å². The van der Waals surface area contributed by atoms with E-state index in [-0.39, 0.29) is 43.9 Å². The van der Waals surface area contributed by atoms with Crippen molar-refractivity contribution in [2.45, 2.75) is 13.5 Å². The Morgan fingerprint density at radius 3 is 2.74 bits per heavy atom. The van der Waals surface area contributed by atoms with Crippen LogP contribution in [-0.4, -0.2) is 52.6 Å². The summed E-state index contributed by atoms with van der Waals surface area (Å²) in [6.45, 7) is 2.16. The van der Waals surface area contributed by atoms with Crippen molar-refractivity contribution in [1.29, 1.82) is 0 Å². The van der Waals surface area contributed by atoms with E-state index in [4.69, 9.17) is 4.74 Å². The first kappa shape index (κ1) is 17.3. The van der Waals surface area contributed by atoms with Gasteiger partial charge in [0, 0.05) is 6.92 Å². The van der Waals surface area contributed by atoms with E-state index in [1.165, 1.54) is 10.8 Å². The Hall–Kier alpha value is -1.67. The minimum atomic E-state index is -0.512. The van der Waals surface area contributed by atoms with Gasteiger partial charge in [-0.25, -0.2) is 9.55 Å². The van der Waals surface area contributed by atoms with Crippen LogP contribution in [0.15, 0.2) is 6.20 Å². The number of imidazole rings is 1. The fraction of sp³-hybridized carbons (Fsp3) is 0.600. The fourth-order valence-electron chi connectivity index (χ4n) is 1.43. The van der Waals surface area contributed by atoms with Gasteiger partial charge in [0.1, 0.15) is 19.3 Å². The maximum atomic E-state index is 11.3. The van der Waals surface area contributed by atoms with Crippen LogP contribution in [0, 0.1) is 17.0 Å². The Balaban J connectivity index is 0.00000324. The number of hydrogen-bond donors (Lipinski definition) is 0. The first-order valence-electron chi connectivity index (χ1n) is 5.38. The van der Waals surface area contributed by atoms with E-state index in [2.05, 4.69) is 4.98 Å². The largest absolute Gasteiger partial charge is 0.461 e. The average Bonchev–Trinajstić information content (AvgIpc) is 2.59. The number of esters is 1. The number of rotatable bonds is 6. The van der Waals surface area contributed by atoms with Crippen molar-refractivity contribution in [2.75, 3.05) is 27.2 Å². The lowest BCUT2D eigenvalue weighted by Crippen LogP contribution is -2.24. The molecule has 108 valence electrons. The van der Waals surface area contributed by atoms with Crippen molar-refractivity contribution in [1.82, 2.24) is 14.5 Å². The van der Waals surface area contributed by atoms with E-state index in [1.807, 2.05) is 0 Å². The SMILES string of the molecule is Cc1ncc([N+](=O)[O-])n1CCOC(=O)CN(C)C.Cl. The number of aromatic nitrogens is 2. The summed E-state index contributed by atoms with van der Waals surface area (Å²) in [5.74, 6) is 0.0574. The zero-order chi connectivity index (χ0) is 13.7. The molecule has 0 spiro atoms. The van der Waals surface area contributed by atoms with Gasteiger partial charge >= 0.3 is 11.8 Å². The van der Waals surface area contributed by atoms with Gasteiger partial charge in [-0.2, -0.15) is 0 Å². The Morgan fingerprint density at radius 2 is 2.21 bits per heavy atom. The molecule has 0 N–H and O–H groups in total. The van der Waals surface area contributed by atoms with E-state index < -0.39 is 4.92 Å². The van der Waals surface area contributed by atoms with Gasteiger partial charge in [0.15, 0.2) is 5.82 Å². The molecule has 0 atom stereocenters. The lowest BCUT2D eigenvalue weighted by Gasteiger charge is -2.09. The lowest BCUT2D eigenvalue weighted by molar-refractivity contribution is -0.392. The predicted octanol–water partition coefficient (Wildman–Crippen LogP) is 0.626. The summed E-state index contributed by atoms with van der Waals surface area (Å²) in [7, 11) is 3.51. The molecule has 0 aliphatic rings. The van der Waals surface area contributed by atoms with Crippen LogP contribution in [-0.2, 0) is 16.1 Å². The maximum absolute atomic E-state index is 11.3. The van der Waals surface area contributed by atoms with Crippen LogP contribution < -0.4 is 0 Å². The van der Waals surface area contributed by atoms with Gasteiger partial charge in [0.05, 0.1) is 6.54 Å². The number of nitro groups is 1. The topological polar surface area (TPSA) is 90.5 Å². The molecule has 19 heavy (non-hydrogen) atoms. The highest BCUT2D eigenvalue weighted by atomic mass is 35.5. The summed E-state index contributed by atoms with van der Waals surface area (Å²) >= 11 is 0. The van der Waals surface area contributed by atoms with Crippen LogP contribution in [0.4, 0.5) is 5.82 Å². The molecule has 0 aliphatic heterocycles. The van der Waals surface area contributed by atoms with E-state index >= 15 is 0 Å². The number of carbonyl (C=O) groups is 1. The summed E-state index contributed by atoms with van der Waals surface area (Å²) in [5.41, 5.74) is 0. The zero-order valence-corrected chi connectivity index (χ0v) is 11.8. The summed E-state index contributed by atoms with van der Waals surface area (Å²) in [6, 6.07) is 0. The Labute approximate surface area is 116 Å².